The molecule has 5 heteroatoms. The molecule has 0 aromatic heterocycles. The van der Waals surface area contributed by atoms with Crippen molar-refractivity contribution in [3.8, 4) is 5.75 Å². The summed E-state index contributed by atoms with van der Waals surface area (Å²) in [5, 5.41) is 0. The lowest BCUT2D eigenvalue weighted by Crippen LogP contribution is -2.38. The number of nitrogens with zero attached hydrogens (tertiary/aromatic N) is 1. The van der Waals surface area contributed by atoms with Gasteiger partial charge in [-0.05, 0) is 23.1 Å². The molecule has 1 saturated carbocycles. The third-order valence-corrected chi connectivity index (χ3v) is 4.63. The smallest absolute Gasteiger partial charge is 0.233 e. The number of imide groups is 1. The maximum Gasteiger partial charge on any atom is 0.233 e. The highest BCUT2D eigenvalue weighted by atomic mass is 16.5. The molecule has 1 aliphatic heterocycles. The Morgan fingerprint density at radius 3 is 2.24 bits per heavy atom. The van der Waals surface area contributed by atoms with Crippen LogP contribution in [0.3, 0.4) is 0 Å². The number of ether oxygens (including phenoxy) is 1. The van der Waals surface area contributed by atoms with Gasteiger partial charge >= 0.3 is 0 Å². The fourth-order valence-electron chi connectivity index (χ4n) is 3.20. The molecule has 1 aliphatic carbocycles. The van der Waals surface area contributed by atoms with Gasteiger partial charge in [-0.1, -0.05) is 26.0 Å². The van der Waals surface area contributed by atoms with E-state index < -0.39 is 0 Å². The lowest BCUT2D eigenvalue weighted by atomic mass is 10.1. The second-order valence-electron chi connectivity index (χ2n) is 6.30. The van der Waals surface area contributed by atoms with Gasteiger partial charge in [0, 0.05) is 6.54 Å². The summed E-state index contributed by atoms with van der Waals surface area (Å²) in [7, 11) is 0. The van der Waals surface area contributed by atoms with Crippen LogP contribution in [0.15, 0.2) is 24.3 Å². The Hall–Kier alpha value is -1.88. The summed E-state index contributed by atoms with van der Waals surface area (Å²) in [6, 6.07) is 7.49. The van der Waals surface area contributed by atoms with E-state index in [-0.39, 0.29) is 29.1 Å². The molecule has 0 radical (unpaired) electrons. The van der Waals surface area contributed by atoms with Gasteiger partial charge in [-0.3, -0.25) is 14.5 Å². The van der Waals surface area contributed by atoms with Crippen LogP contribution in [-0.4, -0.2) is 29.9 Å². The summed E-state index contributed by atoms with van der Waals surface area (Å²) >= 11 is 0. The molecule has 2 amide bonds. The number of rotatable bonds is 5. The van der Waals surface area contributed by atoms with Crippen LogP contribution in [0.25, 0.3) is 0 Å². The van der Waals surface area contributed by atoms with Crippen molar-refractivity contribution in [1.29, 1.82) is 0 Å². The first kappa shape index (κ1) is 14.1. The largest absolute Gasteiger partial charge is 0.492 e. The topological polar surface area (TPSA) is 72.6 Å². The van der Waals surface area contributed by atoms with Crippen LogP contribution < -0.4 is 10.5 Å². The minimum atomic E-state index is -0.149. The molecule has 2 unspecified atom stereocenters. The highest BCUT2D eigenvalue weighted by Crippen LogP contribution is 2.63. The molecule has 3 rings (SSSR count). The average molecular weight is 288 g/mol. The predicted octanol–water partition coefficient (Wildman–Crippen LogP) is 1.17. The molecule has 2 N–H and O–H groups in total. The zero-order valence-corrected chi connectivity index (χ0v) is 12.3. The molecule has 0 spiro atoms. The molecule has 1 aromatic carbocycles. The third-order valence-electron chi connectivity index (χ3n) is 4.63. The molecule has 2 atom stereocenters. The first-order chi connectivity index (χ1) is 9.96. The summed E-state index contributed by atoms with van der Waals surface area (Å²) in [6.45, 7) is 5.09. The zero-order valence-electron chi connectivity index (χ0n) is 12.3. The van der Waals surface area contributed by atoms with Gasteiger partial charge in [0.2, 0.25) is 11.8 Å². The van der Waals surface area contributed by atoms with Crippen molar-refractivity contribution in [2.45, 2.75) is 20.4 Å². The number of carbonyl (C=O) groups is 2. The fraction of sp³-hybridized carbons (Fsp3) is 0.500. The number of hydrogen-bond acceptors (Lipinski definition) is 4. The maximum atomic E-state index is 12.1. The van der Waals surface area contributed by atoms with Crippen LogP contribution in [-0.2, 0) is 16.1 Å². The van der Waals surface area contributed by atoms with Crippen molar-refractivity contribution in [2.24, 2.45) is 23.0 Å². The van der Waals surface area contributed by atoms with E-state index in [1.165, 1.54) is 4.90 Å². The number of amides is 2. The monoisotopic (exact) mass is 288 g/mol. The molecule has 1 aromatic rings. The van der Waals surface area contributed by atoms with E-state index in [0.717, 1.165) is 11.3 Å². The Balaban J connectivity index is 1.52. The van der Waals surface area contributed by atoms with E-state index in [4.69, 9.17) is 10.5 Å². The summed E-state index contributed by atoms with van der Waals surface area (Å²) in [4.78, 5) is 25.6. The van der Waals surface area contributed by atoms with Crippen molar-refractivity contribution in [3.05, 3.63) is 29.8 Å². The van der Waals surface area contributed by atoms with E-state index in [1.54, 1.807) is 0 Å². The lowest BCUT2D eigenvalue weighted by molar-refractivity contribution is -0.143. The number of benzene rings is 1. The first-order valence-electron chi connectivity index (χ1n) is 7.24. The van der Waals surface area contributed by atoms with Crippen molar-refractivity contribution in [1.82, 2.24) is 4.90 Å². The van der Waals surface area contributed by atoms with E-state index in [9.17, 15) is 9.59 Å². The van der Waals surface area contributed by atoms with Crippen LogP contribution in [0.4, 0.5) is 0 Å². The molecule has 0 bridgehead atoms. The van der Waals surface area contributed by atoms with Gasteiger partial charge < -0.3 is 10.5 Å². The van der Waals surface area contributed by atoms with Gasteiger partial charge in [0.05, 0.1) is 18.4 Å². The number of fused-ring (bicyclic) bond motifs is 1. The first-order valence-corrected chi connectivity index (χ1v) is 7.24. The predicted molar refractivity (Wildman–Crippen MR) is 77.3 cm³/mol. The summed E-state index contributed by atoms with van der Waals surface area (Å²) in [5.74, 6) is 0.397. The van der Waals surface area contributed by atoms with E-state index in [2.05, 4.69) is 0 Å². The van der Waals surface area contributed by atoms with Gasteiger partial charge in [0.15, 0.2) is 0 Å². The van der Waals surface area contributed by atoms with Gasteiger partial charge in [0.25, 0.3) is 0 Å². The normalized spacial score (nSPS) is 26.0. The number of nitrogens with two attached hydrogens (primary N) is 1. The highest BCUT2D eigenvalue weighted by molar-refractivity contribution is 6.10. The number of carbonyl (C=O) groups excluding carboxylic acids is 2. The molecule has 5 nitrogen and oxygen atoms in total. The summed E-state index contributed by atoms with van der Waals surface area (Å²) in [6.07, 6.45) is 0. The van der Waals surface area contributed by atoms with Crippen LogP contribution in [0.5, 0.6) is 5.75 Å². The Labute approximate surface area is 124 Å². The van der Waals surface area contributed by atoms with Gasteiger partial charge in [-0.15, -0.1) is 0 Å². The zero-order chi connectivity index (χ0) is 15.2. The van der Waals surface area contributed by atoms with Crippen molar-refractivity contribution < 1.29 is 14.3 Å². The van der Waals surface area contributed by atoms with Crippen LogP contribution in [0.1, 0.15) is 19.4 Å². The second-order valence-corrected chi connectivity index (χ2v) is 6.30. The van der Waals surface area contributed by atoms with Crippen molar-refractivity contribution in [3.63, 3.8) is 0 Å². The molecule has 1 heterocycles. The minimum Gasteiger partial charge on any atom is -0.492 e. The molecule has 1 saturated heterocycles. The minimum absolute atomic E-state index is 0.0444. The van der Waals surface area contributed by atoms with Crippen LogP contribution in [0.2, 0.25) is 0 Å². The number of piperidine rings is 1. The molecule has 112 valence electrons. The highest BCUT2D eigenvalue weighted by Gasteiger charge is 2.72. The lowest BCUT2D eigenvalue weighted by Gasteiger charge is -2.20. The molecule has 2 fully saturated rings. The SMILES string of the molecule is CC1(C)C2C(=O)N(CCOc3ccc(CN)cc3)C(=O)C21. The second kappa shape index (κ2) is 4.84. The summed E-state index contributed by atoms with van der Waals surface area (Å²) in [5.41, 5.74) is 6.42. The molecular weight excluding hydrogens is 268 g/mol. The van der Waals surface area contributed by atoms with E-state index >= 15 is 0 Å². The summed E-state index contributed by atoms with van der Waals surface area (Å²) < 4.78 is 5.58. The van der Waals surface area contributed by atoms with Crippen LogP contribution >= 0.6 is 0 Å². The van der Waals surface area contributed by atoms with Gasteiger partial charge in [-0.25, -0.2) is 0 Å². The van der Waals surface area contributed by atoms with E-state index in [0.29, 0.717) is 19.7 Å². The van der Waals surface area contributed by atoms with Gasteiger partial charge in [0.1, 0.15) is 12.4 Å². The number of hydrogen-bond donors (Lipinski definition) is 1. The van der Waals surface area contributed by atoms with Crippen molar-refractivity contribution in [2.75, 3.05) is 13.2 Å². The Kier molecular flexibility index (Phi) is 3.24. The Bertz CT molecular complexity index is 556. The quantitative estimate of drug-likeness (QED) is 0.825. The van der Waals surface area contributed by atoms with Crippen molar-refractivity contribution >= 4 is 11.8 Å². The third kappa shape index (κ3) is 2.21. The standard InChI is InChI=1S/C16H20N2O3/c1-16(2)12-13(16)15(20)18(14(12)19)7-8-21-11-5-3-10(9-17)4-6-11/h3-6,12-13H,7-9,17H2,1-2H3. The number of likely N-dealkylation sites (tertiary alicyclic amines) is 1. The average Bonchev–Trinajstić information content (AvgIpc) is 2.94. The van der Waals surface area contributed by atoms with Crippen LogP contribution in [0, 0.1) is 17.3 Å². The Morgan fingerprint density at radius 1 is 1.14 bits per heavy atom. The molecular formula is C16H20N2O3. The van der Waals surface area contributed by atoms with E-state index in [1.807, 2.05) is 38.1 Å². The fourth-order valence-corrected chi connectivity index (χ4v) is 3.20. The molecule has 2 aliphatic rings. The maximum absolute atomic E-state index is 12.1. The van der Waals surface area contributed by atoms with Gasteiger partial charge in [-0.2, -0.15) is 0 Å². The Morgan fingerprint density at radius 2 is 1.71 bits per heavy atom. The molecule has 21 heavy (non-hydrogen) atoms.